The number of hydrogen-bond acceptors (Lipinski definition) is 3. The van der Waals surface area contributed by atoms with E-state index in [4.69, 9.17) is 0 Å². The number of hydrogen-bond donors (Lipinski definition) is 1. The van der Waals surface area contributed by atoms with Gasteiger partial charge in [0.25, 0.3) is 10.2 Å². The Morgan fingerprint density at radius 2 is 1.82 bits per heavy atom. The Bertz CT molecular complexity index is 350. The van der Waals surface area contributed by atoms with Gasteiger partial charge in [-0.25, -0.2) is 0 Å². The summed E-state index contributed by atoms with van der Waals surface area (Å²) in [7, 11) is -3.34. The van der Waals surface area contributed by atoms with Crippen LogP contribution in [0.2, 0.25) is 0 Å². The fraction of sp³-hybridized carbons (Fsp3) is 1.00. The largest absolute Gasteiger partial charge is 0.395 e. The van der Waals surface area contributed by atoms with Crippen LogP contribution in [0.15, 0.2) is 0 Å². The van der Waals surface area contributed by atoms with Gasteiger partial charge in [0.2, 0.25) is 0 Å². The second kappa shape index (κ2) is 5.22. The maximum absolute atomic E-state index is 12.4. The fourth-order valence-corrected chi connectivity index (χ4v) is 4.54. The second-order valence-corrected chi connectivity index (χ2v) is 7.06. The quantitative estimate of drug-likeness (QED) is 0.802. The molecular weight excluding hydrogens is 240 g/mol. The molecule has 17 heavy (non-hydrogen) atoms. The van der Waals surface area contributed by atoms with Crippen LogP contribution >= 0.6 is 0 Å². The van der Waals surface area contributed by atoms with Crippen LogP contribution in [0.3, 0.4) is 0 Å². The first-order valence-corrected chi connectivity index (χ1v) is 7.83. The molecule has 1 atom stereocenters. The minimum absolute atomic E-state index is 0.0660. The number of aliphatic hydroxyl groups is 1. The van der Waals surface area contributed by atoms with E-state index in [-0.39, 0.29) is 12.6 Å². The molecule has 2 fully saturated rings. The maximum Gasteiger partial charge on any atom is 0.282 e. The van der Waals surface area contributed by atoms with E-state index in [1.54, 1.807) is 4.31 Å². The van der Waals surface area contributed by atoms with Crippen molar-refractivity contribution in [3.8, 4) is 0 Å². The lowest BCUT2D eigenvalue weighted by molar-refractivity contribution is 0.199. The third kappa shape index (κ3) is 2.65. The zero-order chi connectivity index (χ0) is 12.5. The van der Waals surface area contributed by atoms with E-state index in [9.17, 15) is 13.5 Å². The topological polar surface area (TPSA) is 60.9 Å². The monoisotopic (exact) mass is 262 g/mol. The summed E-state index contributed by atoms with van der Waals surface area (Å²) in [5.41, 5.74) is 0. The van der Waals surface area contributed by atoms with Crippen molar-refractivity contribution >= 4 is 10.2 Å². The van der Waals surface area contributed by atoms with E-state index in [1.807, 2.05) is 0 Å². The highest BCUT2D eigenvalue weighted by Gasteiger charge is 2.38. The van der Waals surface area contributed by atoms with Gasteiger partial charge in [0.15, 0.2) is 0 Å². The molecule has 0 radical (unpaired) electrons. The lowest BCUT2D eigenvalue weighted by Gasteiger charge is -2.34. The van der Waals surface area contributed by atoms with Crippen LogP contribution in [0.1, 0.15) is 32.6 Å². The molecule has 0 saturated carbocycles. The van der Waals surface area contributed by atoms with E-state index in [0.717, 1.165) is 25.7 Å². The van der Waals surface area contributed by atoms with Crippen molar-refractivity contribution in [3.63, 3.8) is 0 Å². The van der Waals surface area contributed by atoms with E-state index < -0.39 is 10.2 Å². The highest BCUT2D eigenvalue weighted by atomic mass is 32.2. The van der Waals surface area contributed by atoms with E-state index >= 15 is 0 Å². The van der Waals surface area contributed by atoms with E-state index in [2.05, 4.69) is 6.92 Å². The molecule has 0 aromatic carbocycles. The molecule has 2 heterocycles. The smallest absolute Gasteiger partial charge is 0.282 e. The van der Waals surface area contributed by atoms with Gasteiger partial charge in [0.05, 0.1) is 6.61 Å². The zero-order valence-electron chi connectivity index (χ0n) is 10.4. The van der Waals surface area contributed by atoms with Crippen molar-refractivity contribution in [2.75, 3.05) is 26.2 Å². The molecule has 5 nitrogen and oxygen atoms in total. The molecule has 0 aliphatic carbocycles. The van der Waals surface area contributed by atoms with Gasteiger partial charge in [-0.2, -0.15) is 17.0 Å². The van der Waals surface area contributed by atoms with Crippen LogP contribution in [0.4, 0.5) is 0 Å². The molecule has 2 aliphatic rings. The van der Waals surface area contributed by atoms with Crippen LogP contribution in [-0.4, -0.2) is 54.4 Å². The van der Waals surface area contributed by atoms with Crippen molar-refractivity contribution < 1.29 is 13.5 Å². The molecule has 0 spiro atoms. The first-order chi connectivity index (χ1) is 8.05. The Hall–Kier alpha value is -0.170. The highest BCUT2D eigenvalue weighted by molar-refractivity contribution is 7.86. The van der Waals surface area contributed by atoms with Gasteiger partial charge in [-0.3, -0.25) is 0 Å². The minimum atomic E-state index is -3.34. The van der Waals surface area contributed by atoms with Crippen LogP contribution in [0.25, 0.3) is 0 Å². The molecule has 2 saturated heterocycles. The van der Waals surface area contributed by atoms with Crippen LogP contribution in [0, 0.1) is 5.92 Å². The molecule has 0 amide bonds. The van der Waals surface area contributed by atoms with Crippen LogP contribution in [0.5, 0.6) is 0 Å². The lowest BCUT2D eigenvalue weighted by Crippen LogP contribution is -2.49. The Labute approximate surface area is 104 Å². The summed E-state index contributed by atoms with van der Waals surface area (Å²) in [6.07, 6.45) is 3.52. The molecule has 1 unspecified atom stereocenters. The lowest BCUT2D eigenvalue weighted by atomic mass is 10.0. The van der Waals surface area contributed by atoms with Gasteiger partial charge in [0, 0.05) is 25.7 Å². The van der Waals surface area contributed by atoms with Gasteiger partial charge >= 0.3 is 0 Å². The molecule has 1 N–H and O–H groups in total. The SMILES string of the molecule is CC1CCN(S(=O)(=O)N2CCCC2CO)CC1. The number of aliphatic hydroxyl groups excluding tert-OH is 1. The molecule has 2 rings (SSSR count). The molecule has 100 valence electrons. The molecule has 0 aromatic rings. The minimum Gasteiger partial charge on any atom is -0.395 e. The first-order valence-electron chi connectivity index (χ1n) is 6.43. The summed E-state index contributed by atoms with van der Waals surface area (Å²) in [4.78, 5) is 0. The summed E-state index contributed by atoms with van der Waals surface area (Å²) in [6, 6.07) is -0.209. The predicted octanol–water partition coefficient (Wildman–Crippen LogP) is 0.420. The normalized spacial score (nSPS) is 29.9. The second-order valence-electron chi connectivity index (χ2n) is 5.18. The van der Waals surface area contributed by atoms with Crippen molar-refractivity contribution in [1.29, 1.82) is 0 Å². The van der Waals surface area contributed by atoms with Crippen LogP contribution in [-0.2, 0) is 10.2 Å². The van der Waals surface area contributed by atoms with E-state index in [1.165, 1.54) is 4.31 Å². The molecule has 6 heteroatoms. The Morgan fingerprint density at radius 3 is 2.41 bits per heavy atom. The molecule has 0 aromatic heterocycles. The zero-order valence-corrected chi connectivity index (χ0v) is 11.2. The molecule has 2 aliphatic heterocycles. The first kappa shape index (κ1) is 13.3. The van der Waals surface area contributed by atoms with Crippen molar-refractivity contribution in [3.05, 3.63) is 0 Å². The van der Waals surface area contributed by atoms with Gasteiger partial charge < -0.3 is 5.11 Å². The highest BCUT2D eigenvalue weighted by Crippen LogP contribution is 2.26. The number of nitrogens with zero attached hydrogens (tertiary/aromatic N) is 2. The molecule has 0 bridgehead atoms. The number of piperidine rings is 1. The third-order valence-corrected chi connectivity index (χ3v) is 5.99. The third-order valence-electron chi connectivity index (χ3n) is 3.90. The standard InChI is InChI=1S/C11H22N2O3S/c1-10-4-7-12(8-5-10)17(15,16)13-6-2-3-11(13)9-14/h10-11,14H,2-9H2,1H3. The summed E-state index contributed by atoms with van der Waals surface area (Å²) >= 11 is 0. The van der Waals surface area contributed by atoms with Gasteiger partial charge in [-0.05, 0) is 31.6 Å². The summed E-state index contributed by atoms with van der Waals surface area (Å²) < 4.78 is 27.9. The summed E-state index contributed by atoms with van der Waals surface area (Å²) in [5.74, 6) is 0.619. The maximum atomic E-state index is 12.4. The van der Waals surface area contributed by atoms with Gasteiger partial charge in [-0.15, -0.1) is 0 Å². The average molecular weight is 262 g/mol. The predicted molar refractivity (Wildman–Crippen MR) is 65.7 cm³/mol. The van der Waals surface area contributed by atoms with Crippen LogP contribution < -0.4 is 0 Å². The number of rotatable bonds is 3. The van der Waals surface area contributed by atoms with Crippen molar-refractivity contribution in [2.45, 2.75) is 38.6 Å². The Kier molecular flexibility index (Phi) is 4.07. The van der Waals surface area contributed by atoms with Crippen molar-refractivity contribution in [2.24, 2.45) is 5.92 Å². The molecular formula is C11H22N2O3S. The fourth-order valence-electron chi connectivity index (χ4n) is 2.66. The van der Waals surface area contributed by atoms with E-state index in [0.29, 0.717) is 25.6 Å². The average Bonchev–Trinajstić information content (AvgIpc) is 2.78. The Morgan fingerprint density at radius 1 is 1.18 bits per heavy atom. The van der Waals surface area contributed by atoms with Crippen molar-refractivity contribution in [1.82, 2.24) is 8.61 Å². The van der Waals surface area contributed by atoms with Gasteiger partial charge in [-0.1, -0.05) is 6.92 Å². The van der Waals surface area contributed by atoms with Gasteiger partial charge in [0.1, 0.15) is 0 Å². The summed E-state index contributed by atoms with van der Waals surface area (Å²) in [5, 5.41) is 9.22. The Balaban J connectivity index is 2.07. The summed E-state index contributed by atoms with van der Waals surface area (Å²) in [6.45, 7) is 3.90.